The van der Waals surface area contributed by atoms with Crippen molar-refractivity contribution in [1.29, 1.82) is 0 Å². The number of methoxy groups -OCH3 is 1. The van der Waals surface area contributed by atoms with Crippen LogP contribution in [-0.4, -0.2) is 44.9 Å². The first-order chi connectivity index (χ1) is 11.7. The number of aromatic hydroxyl groups is 1. The highest BCUT2D eigenvalue weighted by molar-refractivity contribution is 7.89. The van der Waals surface area contributed by atoms with E-state index < -0.39 is 15.9 Å². The lowest BCUT2D eigenvalue weighted by molar-refractivity contribution is 0.102. The number of carbonyl (C=O) groups excluding carboxylic acids is 1. The highest BCUT2D eigenvalue weighted by Gasteiger charge is 2.23. The summed E-state index contributed by atoms with van der Waals surface area (Å²) >= 11 is 0. The van der Waals surface area contributed by atoms with Gasteiger partial charge in [0.25, 0.3) is 5.91 Å². The van der Waals surface area contributed by atoms with E-state index in [1.165, 1.54) is 51.5 Å². The van der Waals surface area contributed by atoms with Crippen molar-refractivity contribution in [2.45, 2.75) is 11.8 Å². The molecule has 2 N–H and O–H groups in total. The number of hydrogen-bond acceptors (Lipinski definition) is 5. The fourth-order valence-corrected chi connectivity index (χ4v) is 3.26. The summed E-state index contributed by atoms with van der Waals surface area (Å²) in [5, 5.41) is 12.5. The van der Waals surface area contributed by atoms with Gasteiger partial charge in [0.05, 0.1) is 12.7 Å². The standard InChI is InChI=1S/C17H20N2O5S/c1-11-5-7-13(14(20)9-11)17(21)18-12-6-8-15(24-4)16(10-12)25(22,23)19(2)3/h5-10,20H,1-4H3,(H,18,21). The van der Waals surface area contributed by atoms with Crippen molar-refractivity contribution in [2.75, 3.05) is 26.5 Å². The van der Waals surface area contributed by atoms with Crippen LogP contribution < -0.4 is 10.1 Å². The van der Waals surface area contributed by atoms with Crippen LogP contribution in [0.15, 0.2) is 41.3 Å². The molecule has 0 bridgehead atoms. The number of nitrogens with one attached hydrogen (secondary N) is 1. The molecule has 0 heterocycles. The quantitative estimate of drug-likeness (QED) is 0.848. The molecule has 0 saturated carbocycles. The van der Waals surface area contributed by atoms with E-state index in [9.17, 15) is 18.3 Å². The summed E-state index contributed by atoms with van der Waals surface area (Å²) in [4.78, 5) is 12.3. The van der Waals surface area contributed by atoms with Crippen molar-refractivity contribution < 1.29 is 23.1 Å². The van der Waals surface area contributed by atoms with Gasteiger partial charge in [-0.3, -0.25) is 4.79 Å². The Balaban J connectivity index is 2.39. The molecule has 0 radical (unpaired) electrons. The van der Waals surface area contributed by atoms with Gasteiger partial charge < -0.3 is 15.2 Å². The molecular formula is C17H20N2O5S. The molecule has 0 unspecified atom stereocenters. The molecule has 0 aromatic heterocycles. The zero-order chi connectivity index (χ0) is 18.8. The molecule has 1 amide bonds. The lowest BCUT2D eigenvalue weighted by Crippen LogP contribution is -2.23. The maximum absolute atomic E-state index is 12.4. The normalized spacial score (nSPS) is 11.4. The lowest BCUT2D eigenvalue weighted by Gasteiger charge is -2.16. The Morgan fingerprint density at radius 1 is 1.16 bits per heavy atom. The first kappa shape index (κ1) is 18.8. The van der Waals surface area contributed by atoms with Gasteiger partial charge >= 0.3 is 0 Å². The number of phenolic OH excluding ortho intramolecular Hbond substituents is 1. The first-order valence-electron chi connectivity index (χ1n) is 7.38. The smallest absolute Gasteiger partial charge is 0.259 e. The number of benzene rings is 2. The molecule has 0 aliphatic heterocycles. The van der Waals surface area contributed by atoms with E-state index in [1.807, 2.05) is 0 Å². The van der Waals surface area contributed by atoms with Crippen LogP contribution in [0.3, 0.4) is 0 Å². The van der Waals surface area contributed by atoms with Gasteiger partial charge in [0.1, 0.15) is 16.4 Å². The zero-order valence-corrected chi connectivity index (χ0v) is 15.2. The van der Waals surface area contributed by atoms with E-state index in [4.69, 9.17) is 4.74 Å². The van der Waals surface area contributed by atoms with E-state index in [0.717, 1.165) is 9.87 Å². The van der Waals surface area contributed by atoms with Crippen LogP contribution in [0, 0.1) is 6.92 Å². The Labute approximate surface area is 146 Å². The average molecular weight is 364 g/mol. The number of anilines is 1. The Kier molecular flexibility index (Phi) is 5.34. The molecule has 0 aliphatic rings. The number of hydrogen-bond donors (Lipinski definition) is 2. The Bertz CT molecular complexity index is 907. The SMILES string of the molecule is COc1ccc(NC(=O)c2ccc(C)cc2O)cc1S(=O)(=O)N(C)C. The molecule has 2 aromatic carbocycles. The van der Waals surface area contributed by atoms with E-state index >= 15 is 0 Å². The molecule has 0 spiro atoms. The summed E-state index contributed by atoms with van der Waals surface area (Å²) in [5.74, 6) is -0.520. The first-order valence-corrected chi connectivity index (χ1v) is 8.82. The van der Waals surface area contributed by atoms with Crippen LogP contribution in [0.2, 0.25) is 0 Å². The molecule has 7 nitrogen and oxygen atoms in total. The number of phenols is 1. The second-order valence-electron chi connectivity index (χ2n) is 5.63. The van der Waals surface area contributed by atoms with Crippen molar-refractivity contribution in [3.05, 3.63) is 47.5 Å². The molecule has 0 saturated heterocycles. The lowest BCUT2D eigenvalue weighted by atomic mass is 10.1. The minimum atomic E-state index is -3.75. The third-order valence-electron chi connectivity index (χ3n) is 3.58. The van der Waals surface area contributed by atoms with Crippen LogP contribution in [0.25, 0.3) is 0 Å². The predicted octanol–water partition coefficient (Wildman–Crippen LogP) is 2.21. The third-order valence-corrected chi connectivity index (χ3v) is 5.41. The van der Waals surface area contributed by atoms with Gasteiger partial charge in [-0.15, -0.1) is 0 Å². The van der Waals surface area contributed by atoms with Crippen LogP contribution in [0.5, 0.6) is 11.5 Å². The van der Waals surface area contributed by atoms with Crippen molar-refractivity contribution in [3.63, 3.8) is 0 Å². The minimum absolute atomic E-state index is 0.0640. The molecule has 0 fully saturated rings. The summed E-state index contributed by atoms with van der Waals surface area (Å²) in [5.41, 5.74) is 1.18. The van der Waals surface area contributed by atoms with Gasteiger partial charge in [0, 0.05) is 19.8 Å². The van der Waals surface area contributed by atoms with Gasteiger partial charge in [-0.2, -0.15) is 0 Å². The number of amides is 1. The average Bonchev–Trinajstić information content (AvgIpc) is 2.54. The van der Waals surface area contributed by atoms with Crippen molar-refractivity contribution in [1.82, 2.24) is 4.31 Å². The third kappa shape index (κ3) is 3.92. The van der Waals surface area contributed by atoms with E-state index in [-0.39, 0.29) is 27.6 Å². The number of nitrogens with zero attached hydrogens (tertiary/aromatic N) is 1. The van der Waals surface area contributed by atoms with E-state index in [0.29, 0.717) is 0 Å². The van der Waals surface area contributed by atoms with Crippen LogP contribution in [-0.2, 0) is 10.0 Å². The Morgan fingerprint density at radius 3 is 2.40 bits per heavy atom. The summed E-state index contributed by atoms with van der Waals surface area (Å²) in [7, 11) is 0.433. The van der Waals surface area contributed by atoms with Crippen molar-refractivity contribution in [3.8, 4) is 11.5 Å². The number of carbonyl (C=O) groups is 1. The number of ether oxygens (including phenoxy) is 1. The highest BCUT2D eigenvalue weighted by atomic mass is 32.2. The summed E-state index contributed by atoms with van der Waals surface area (Å²) < 4.78 is 31.0. The number of rotatable bonds is 5. The Hall–Kier alpha value is -2.58. The monoisotopic (exact) mass is 364 g/mol. The Morgan fingerprint density at radius 2 is 1.84 bits per heavy atom. The van der Waals surface area contributed by atoms with Crippen LogP contribution >= 0.6 is 0 Å². The molecule has 0 aliphatic carbocycles. The van der Waals surface area contributed by atoms with E-state index in [2.05, 4.69) is 5.32 Å². The summed E-state index contributed by atoms with van der Waals surface area (Å²) in [6.45, 7) is 1.79. The maximum atomic E-state index is 12.4. The van der Waals surface area contributed by atoms with Gasteiger partial charge in [-0.25, -0.2) is 12.7 Å². The van der Waals surface area contributed by atoms with E-state index in [1.54, 1.807) is 13.0 Å². The van der Waals surface area contributed by atoms with Gasteiger partial charge in [-0.05, 0) is 42.8 Å². The number of aryl methyl sites for hydroxylation is 1. The molecule has 25 heavy (non-hydrogen) atoms. The van der Waals surface area contributed by atoms with Crippen molar-refractivity contribution in [2.24, 2.45) is 0 Å². The van der Waals surface area contributed by atoms with Gasteiger partial charge in [-0.1, -0.05) is 6.07 Å². The minimum Gasteiger partial charge on any atom is -0.507 e. The summed E-state index contributed by atoms with van der Waals surface area (Å²) in [6, 6.07) is 8.98. The molecule has 0 atom stereocenters. The van der Waals surface area contributed by atoms with Gasteiger partial charge in [0.2, 0.25) is 10.0 Å². The largest absolute Gasteiger partial charge is 0.507 e. The fraction of sp³-hybridized carbons (Fsp3) is 0.235. The summed E-state index contributed by atoms with van der Waals surface area (Å²) in [6.07, 6.45) is 0. The van der Waals surface area contributed by atoms with Crippen LogP contribution in [0.4, 0.5) is 5.69 Å². The molecule has 134 valence electrons. The highest BCUT2D eigenvalue weighted by Crippen LogP contribution is 2.29. The van der Waals surface area contributed by atoms with Crippen molar-refractivity contribution >= 4 is 21.6 Å². The molecule has 8 heteroatoms. The molecule has 2 aromatic rings. The zero-order valence-electron chi connectivity index (χ0n) is 14.4. The van der Waals surface area contributed by atoms with Gasteiger partial charge in [0.15, 0.2) is 0 Å². The van der Waals surface area contributed by atoms with Crippen LogP contribution in [0.1, 0.15) is 15.9 Å². The second-order valence-corrected chi connectivity index (χ2v) is 7.75. The molecular weight excluding hydrogens is 344 g/mol. The second kappa shape index (κ2) is 7.12. The predicted molar refractivity (Wildman–Crippen MR) is 94.7 cm³/mol. The topological polar surface area (TPSA) is 95.9 Å². The fourth-order valence-electron chi connectivity index (χ4n) is 2.18. The number of sulfonamides is 1. The molecule has 2 rings (SSSR count). The maximum Gasteiger partial charge on any atom is 0.259 e.